The Hall–Kier alpha value is -3.87. The van der Waals surface area contributed by atoms with Crippen molar-refractivity contribution in [3.63, 3.8) is 0 Å². The molecule has 0 radical (unpaired) electrons. The Kier molecular flexibility index (Phi) is 7.89. The van der Waals surface area contributed by atoms with Gasteiger partial charge in [0.2, 0.25) is 10.0 Å². The first kappa shape index (κ1) is 24.8. The lowest BCUT2D eigenvalue weighted by Gasteiger charge is -2.19. The summed E-state index contributed by atoms with van der Waals surface area (Å²) < 4.78 is 44.0. The molecular formula is C25H24N2O6S. The number of esters is 1. The minimum Gasteiger partial charge on any atom is -0.495 e. The van der Waals surface area contributed by atoms with Crippen molar-refractivity contribution in [1.29, 1.82) is 5.26 Å². The van der Waals surface area contributed by atoms with Gasteiger partial charge in [0.05, 0.1) is 30.9 Å². The molecule has 3 rings (SSSR count). The molecule has 0 aromatic heterocycles. The summed E-state index contributed by atoms with van der Waals surface area (Å²) in [5.41, 5.74) is 1.18. The number of hydrogen-bond donors (Lipinski definition) is 0. The van der Waals surface area contributed by atoms with E-state index in [1.807, 2.05) is 36.4 Å². The second-order valence-corrected chi connectivity index (χ2v) is 9.22. The molecule has 0 saturated carbocycles. The number of nitriles is 1. The molecule has 0 heterocycles. The summed E-state index contributed by atoms with van der Waals surface area (Å²) in [6.07, 6.45) is 0. The van der Waals surface area contributed by atoms with Crippen molar-refractivity contribution >= 4 is 16.0 Å². The van der Waals surface area contributed by atoms with Crippen LogP contribution in [0.3, 0.4) is 0 Å². The Morgan fingerprint density at radius 2 is 1.71 bits per heavy atom. The Bertz CT molecular complexity index is 1320. The molecule has 176 valence electrons. The fraction of sp³-hybridized carbons (Fsp3) is 0.200. The largest absolute Gasteiger partial charge is 0.495 e. The number of methoxy groups -OCH3 is 1. The Labute approximate surface area is 199 Å². The van der Waals surface area contributed by atoms with Gasteiger partial charge in [-0.25, -0.2) is 13.2 Å². The molecule has 0 amide bonds. The summed E-state index contributed by atoms with van der Waals surface area (Å²) in [5.74, 6) is -0.327. The number of benzene rings is 3. The molecule has 0 unspecified atom stereocenters. The Morgan fingerprint density at radius 1 is 1.00 bits per heavy atom. The van der Waals surface area contributed by atoms with E-state index in [1.165, 1.54) is 54.9 Å². The van der Waals surface area contributed by atoms with Gasteiger partial charge >= 0.3 is 5.97 Å². The molecular weight excluding hydrogens is 456 g/mol. The topological polar surface area (TPSA) is 106 Å². The van der Waals surface area contributed by atoms with E-state index in [4.69, 9.17) is 19.5 Å². The molecule has 9 heteroatoms. The van der Waals surface area contributed by atoms with Gasteiger partial charge in [0, 0.05) is 19.7 Å². The highest BCUT2D eigenvalue weighted by Gasteiger charge is 2.27. The summed E-state index contributed by atoms with van der Waals surface area (Å²) in [4.78, 5) is 12.7. The minimum atomic E-state index is -3.99. The fourth-order valence-electron chi connectivity index (χ4n) is 3.19. The first-order chi connectivity index (χ1) is 16.3. The van der Waals surface area contributed by atoms with Crippen LogP contribution >= 0.6 is 0 Å². The molecule has 0 aliphatic rings. The van der Waals surface area contributed by atoms with E-state index in [0.29, 0.717) is 12.2 Å². The number of rotatable bonds is 9. The lowest BCUT2D eigenvalue weighted by Crippen LogP contribution is -2.27. The monoisotopic (exact) mass is 480 g/mol. The maximum absolute atomic E-state index is 13.3. The van der Waals surface area contributed by atoms with Gasteiger partial charge in [-0.3, -0.25) is 0 Å². The molecule has 0 aliphatic heterocycles. The lowest BCUT2D eigenvalue weighted by atomic mass is 10.2. The molecule has 3 aromatic carbocycles. The molecule has 0 atom stereocenters. The van der Waals surface area contributed by atoms with Crippen molar-refractivity contribution in [3.8, 4) is 23.3 Å². The average molecular weight is 481 g/mol. The number of nitrogens with zero attached hydrogens (tertiary/aromatic N) is 2. The molecule has 0 aliphatic carbocycles. The zero-order valence-corrected chi connectivity index (χ0v) is 19.8. The van der Waals surface area contributed by atoms with E-state index in [-0.39, 0.29) is 34.3 Å². The van der Waals surface area contributed by atoms with Gasteiger partial charge in [-0.1, -0.05) is 30.3 Å². The van der Waals surface area contributed by atoms with Gasteiger partial charge in [-0.05, 0) is 42.8 Å². The molecule has 34 heavy (non-hydrogen) atoms. The highest BCUT2D eigenvalue weighted by molar-refractivity contribution is 7.89. The highest BCUT2D eigenvalue weighted by atomic mass is 32.2. The molecule has 0 bridgehead atoms. The van der Waals surface area contributed by atoms with Crippen LogP contribution in [0.2, 0.25) is 0 Å². The third kappa shape index (κ3) is 5.54. The van der Waals surface area contributed by atoms with Gasteiger partial charge in [-0.15, -0.1) is 0 Å². The van der Waals surface area contributed by atoms with Crippen LogP contribution < -0.4 is 14.2 Å². The van der Waals surface area contributed by atoms with Crippen molar-refractivity contribution in [2.45, 2.75) is 18.4 Å². The third-order valence-electron chi connectivity index (χ3n) is 4.91. The fourth-order valence-corrected chi connectivity index (χ4v) is 4.52. The zero-order valence-electron chi connectivity index (χ0n) is 19.0. The van der Waals surface area contributed by atoms with Crippen LogP contribution in [0, 0.1) is 11.3 Å². The Balaban J connectivity index is 1.92. The summed E-state index contributed by atoms with van der Waals surface area (Å²) in [7, 11) is -1.18. The zero-order chi connectivity index (χ0) is 24.7. The molecule has 0 saturated heterocycles. The van der Waals surface area contributed by atoms with Gasteiger partial charge < -0.3 is 14.2 Å². The number of carbonyl (C=O) groups is 1. The summed E-state index contributed by atoms with van der Waals surface area (Å²) in [6, 6.07) is 19.6. The number of hydrogen-bond acceptors (Lipinski definition) is 7. The normalized spacial score (nSPS) is 11.0. The van der Waals surface area contributed by atoms with Crippen LogP contribution in [0.4, 0.5) is 0 Å². The standard InChI is InChI=1S/C25H24N2O6S/c1-4-32-23-14-19(16-26)10-12-21(23)33-25(28)20-11-13-22(31-3)24(15-20)34(29,30)27(2)17-18-8-6-5-7-9-18/h5-15H,4,17H2,1-3H3. The number of ether oxygens (including phenoxy) is 3. The lowest BCUT2D eigenvalue weighted by molar-refractivity contribution is 0.0728. The van der Waals surface area contributed by atoms with Gasteiger partial charge in [0.1, 0.15) is 10.6 Å². The van der Waals surface area contributed by atoms with E-state index < -0.39 is 16.0 Å². The third-order valence-corrected chi connectivity index (χ3v) is 6.74. The number of sulfonamides is 1. The second-order valence-electron chi connectivity index (χ2n) is 7.21. The molecule has 0 fully saturated rings. The van der Waals surface area contributed by atoms with Crippen LogP contribution in [-0.2, 0) is 16.6 Å². The van der Waals surface area contributed by atoms with Gasteiger partial charge in [0.15, 0.2) is 11.5 Å². The van der Waals surface area contributed by atoms with Crippen molar-refractivity contribution in [3.05, 3.63) is 83.4 Å². The maximum Gasteiger partial charge on any atom is 0.343 e. The predicted octanol–water partition coefficient (Wildman–Crippen LogP) is 4.01. The van der Waals surface area contributed by atoms with Crippen molar-refractivity contribution in [1.82, 2.24) is 4.31 Å². The van der Waals surface area contributed by atoms with Gasteiger partial charge in [0.25, 0.3) is 0 Å². The van der Waals surface area contributed by atoms with E-state index in [9.17, 15) is 13.2 Å². The predicted molar refractivity (Wildman–Crippen MR) is 125 cm³/mol. The van der Waals surface area contributed by atoms with E-state index in [2.05, 4.69) is 0 Å². The maximum atomic E-state index is 13.3. The molecule has 8 nitrogen and oxygen atoms in total. The van der Waals surface area contributed by atoms with E-state index >= 15 is 0 Å². The minimum absolute atomic E-state index is 0.0132. The second kappa shape index (κ2) is 10.8. The first-order valence-electron chi connectivity index (χ1n) is 10.4. The van der Waals surface area contributed by atoms with Crippen molar-refractivity contribution < 1.29 is 27.4 Å². The van der Waals surface area contributed by atoms with Crippen LogP contribution in [0.25, 0.3) is 0 Å². The number of carbonyl (C=O) groups excluding carboxylic acids is 1. The van der Waals surface area contributed by atoms with Gasteiger partial charge in [-0.2, -0.15) is 9.57 Å². The van der Waals surface area contributed by atoms with Crippen LogP contribution in [0.15, 0.2) is 71.6 Å². The summed E-state index contributed by atoms with van der Waals surface area (Å²) in [6.45, 7) is 2.21. The molecule has 0 N–H and O–H groups in total. The highest BCUT2D eigenvalue weighted by Crippen LogP contribution is 2.31. The van der Waals surface area contributed by atoms with Crippen LogP contribution in [-0.4, -0.2) is 39.5 Å². The van der Waals surface area contributed by atoms with Crippen molar-refractivity contribution in [2.75, 3.05) is 20.8 Å². The summed E-state index contributed by atoms with van der Waals surface area (Å²) in [5, 5.41) is 9.09. The van der Waals surface area contributed by atoms with E-state index in [1.54, 1.807) is 6.92 Å². The smallest absolute Gasteiger partial charge is 0.343 e. The van der Waals surface area contributed by atoms with Crippen LogP contribution in [0.1, 0.15) is 28.4 Å². The first-order valence-corrected chi connectivity index (χ1v) is 11.8. The quantitative estimate of drug-likeness (QED) is 0.337. The Morgan fingerprint density at radius 3 is 2.35 bits per heavy atom. The van der Waals surface area contributed by atoms with Crippen molar-refractivity contribution in [2.24, 2.45) is 0 Å². The average Bonchev–Trinajstić information content (AvgIpc) is 2.85. The SMILES string of the molecule is CCOc1cc(C#N)ccc1OC(=O)c1ccc(OC)c(S(=O)(=O)N(C)Cc2ccccc2)c1. The molecule has 0 spiro atoms. The molecule has 3 aromatic rings. The van der Waals surface area contributed by atoms with E-state index in [0.717, 1.165) is 5.56 Å². The van der Waals surface area contributed by atoms with Crippen LogP contribution in [0.5, 0.6) is 17.2 Å². The summed E-state index contributed by atoms with van der Waals surface area (Å²) >= 11 is 0.